The van der Waals surface area contributed by atoms with E-state index in [4.69, 9.17) is 0 Å². The molecule has 0 saturated carbocycles. The van der Waals surface area contributed by atoms with Crippen LogP contribution in [-0.2, 0) is 4.79 Å². The molecule has 2 aromatic rings. The van der Waals surface area contributed by atoms with Gasteiger partial charge in [-0.25, -0.2) is 4.68 Å². The quantitative estimate of drug-likeness (QED) is 0.880. The van der Waals surface area contributed by atoms with Crippen LogP contribution in [0.5, 0.6) is 0 Å². The summed E-state index contributed by atoms with van der Waals surface area (Å²) in [6.07, 6.45) is 0. The van der Waals surface area contributed by atoms with E-state index in [0.29, 0.717) is 11.4 Å². The zero-order chi connectivity index (χ0) is 19.0. The summed E-state index contributed by atoms with van der Waals surface area (Å²) in [5, 5.41) is 10.1. The minimum absolute atomic E-state index is 0.285. The number of hydrogen-bond acceptors (Lipinski definition) is 6. The maximum Gasteiger partial charge on any atom is 0.267 e. The Kier molecular flexibility index (Phi) is 4.57. The fourth-order valence-corrected chi connectivity index (χ4v) is 3.99. The van der Waals surface area contributed by atoms with Gasteiger partial charge in [0.05, 0.1) is 17.9 Å². The molecule has 4 rings (SSSR count). The Morgan fingerprint density at radius 1 is 1.22 bits per heavy atom. The Balaban J connectivity index is 1.47. The summed E-state index contributed by atoms with van der Waals surface area (Å²) in [7, 11) is 0. The van der Waals surface area contributed by atoms with Crippen molar-refractivity contribution in [2.24, 2.45) is 4.99 Å². The summed E-state index contributed by atoms with van der Waals surface area (Å²) < 4.78 is 1.20. The molecule has 1 aromatic heterocycles. The minimum atomic E-state index is -0.700. The predicted molar refractivity (Wildman–Crippen MR) is 108 cm³/mol. The average Bonchev–Trinajstić information content (AvgIpc) is 3.27. The van der Waals surface area contributed by atoms with E-state index in [9.17, 15) is 9.59 Å². The van der Waals surface area contributed by atoms with E-state index in [2.05, 4.69) is 25.7 Å². The van der Waals surface area contributed by atoms with Crippen molar-refractivity contribution in [2.75, 3.05) is 18.4 Å². The lowest BCUT2D eigenvalue weighted by molar-refractivity contribution is -0.119. The van der Waals surface area contributed by atoms with Gasteiger partial charge < -0.3 is 10.2 Å². The van der Waals surface area contributed by atoms with Crippen molar-refractivity contribution in [3.63, 3.8) is 0 Å². The van der Waals surface area contributed by atoms with Crippen molar-refractivity contribution in [1.29, 1.82) is 0 Å². The van der Waals surface area contributed by atoms with Gasteiger partial charge in [-0.1, -0.05) is 23.9 Å². The van der Waals surface area contributed by atoms with Gasteiger partial charge in [0.1, 0.15) is 6.04 Å². The zero-order valence-electron chi connectivity index (χ0n) is 15.0. The van der Waals surface area contributed by atoms with Crippen molar-refractivity contribution >= 4 is 34.2 Å². The molecule has 138 valence electrons. The molecule has 2 aliphatic heterocycles. The van der Waals surface area contributed by atoms with Gasteiger partial charge in [-0.15, -0.1) is 0 Å². The maximum atomic E-state index is 12.5. The number of benzene rings is 1. The monoisotopic (exact) mass is 381 g/mol. The number of nitrogens with zero attached hydrogens (tertiary/aromatic N) is 4. The molecule has 0 aliphatic carbocycles. The smallest absolute Gasteiger partial charge is 0.267 e. The Morgan fingerprint density at radius 3 is 2.78 bits per heavy atom. The Bertz CT molecular complexity index is 1010. The molecule has 0 saturated heterocycles. The highest BCUT2D eigenvalue weighted by Gasteiger charge is 2.27. The summed E-state index contributed by atoms with van der Waals surface area (Å²) in [5.74, 6) is -0.285. The molecule has 1 N–H and O–H groups in total. The summed E-state index contributed by atoms with van der Waals surface area (Å²) in [4.78, 5) is 31.1. The van der Waals surface area contributed by atoms with Gasteiger partial charge in [0.25, 0.3) is 5.56 Å². The second-order valence-corrected chi connectivity index (χ2v) is 7.27. The van der Waals surface area contributed by atoms with Crippen molar-refractivity contribution in [3.8, 4) is 0 Å². The standard InChI is InChI=1S/C19H19N5O2S/c1-12-3-8-17(25)24(22-12)13(2)18(26)21-15-6-4-14(5-7-15)16-11-27-19-20-9-10-23(16)19/h3-8,11,13H,9-10H2,1-2H3,(H,21,26). The molecule has 3 heterocycles. The van der Waals surface area contributed by atoms with Crippen LogP contribution in [0, 0.1) is 6.92 Å². The minimum Gasteiger partial charge on any atom is -0.324 e. The molecule has 27 heavy (non-hydrogen) atoms. The number of nitrogens with one attached hydrogen (secondary N) is 1. The number of amidine groups is 1. The first-order valence-corrected chi connectivity index (χ1v) is 9.57. The van der Waals surface area contributed by atoms with E-state index in [0.717, 1.165) is 29.5 Å². The molecule has 0 radical (unpaired) electrons. The molecule has 1 atom stereocenters. The fourth-order valence-electron chi connectivity index (χ4n) is 3.03. The number of carbonyl (C=O) groups is 1. The first-order valence-electron chi connectivity index (χ1n) is 8.69. The Hall–Kier alpha value is -2.87. The highest BCUT2D eigenvalue weighted by Crippen LogP contribution is 2.35. The van der Waals surface area contributed by atoms with E-state index in [1.54, 1.807) is 31.7 Å². The molecular weight excluding hydrogens is 362 g/mol. The van der Waals surface area contributed by atoms with E-state index < -0.39 is 6.04 Å². The van der Waals surface area contributed by atoms with Crippen molar-refractivity contribution in [1.82, 2.24) is 14.7 Å². The third kappa shape index (κ3) is 3.40. The maximum absolute atomic E-state index is 12.5. The average molecular weight is 381 g/mol. The van der Waals surface area contributed by atoms with Crippen LogP contribution in [-0.4, -0.2) is 38.8 Å². The molecule has 0 spiro atoms. The Morgan fingerprint density at radius 2 is 2.00 bits per heavy atom. The van der Waals surface area contributed by atoms with Gasteiger partial charge in [-0.2, -0.15) is 5.10 Å². The predicted octanol–water partition coefficient (Wildman–Crippen LogP) is 2.47. The van der Waals surface area contributed by atoms with Gasteiger partial charge in [0.2, 0.25) is 5.91 Å². The van der Waals surface area contributed by atoms with Crippen molar-refractivity contribution < 1.29 is 4.79 Å². The number of amides is 1. The third-order valence-corrected chi connectivity index (χ3v) is 5.42. The topological polar surface area (TPSA) is 79.6 Å². The number of hydrogen-bond donors (Lipinski definition) is 1. The van der Waals surface area contributed by atoms with Gasteiger partial charge in [-0.05, 0) is 37.6 Å². The van der Waals surface area contributed by atoms with Crippen LogP contribution in [0.25, 0.3) is 5.70 Å². The van der Waals surface area contributed by atoms with Crippen molar-refractivity contribution in [3.05, 3.63) is 63.4 Å². The molecule has 8 heteroatoms. The highest BCUT2D eigenvalue weighted by atomic mass is 32.2. The molecule has 1 unspecified atom stereocenters. The summed E-state index contributed by atoms with van der Waals surface area (Å²) in [6, 6.07) is 10.0. The molecule has 0 fully saturated rings. The largest absolute Gasteiger partial charge is 0.324 e. The second kappa shape index (κ2) is 7.03. The molecular formula is C19H19N5O2S. The number of aromatic nitrogens is 2. The second-order valence-electron chi connectivity index (χ2n) is 6.44. The van der Waals surface area contributed by atoms with Gasteiger partial charge >= 0.3 is 0 Å². The third-order valence-electron chi connectivity index (χ3n) is 4.52. The van der Waals surface area contributed by atoms with Crippen LogP contribution >= 0.6 is 11.8 Å². The summed E-state index contributed by atoms with van der Waals surface area (Å²) in [5.41, 5.74) is 3.28. The van der Waals surface area contributed by atoms with E-state index >= 15 is 0 Å². The van der Waals surface area contributed by atoms with Crippen LogP contribution in [0.3, 0.4) is 0 Å². The molecule has 1 amide bonds. The first kappa shape index (κ1) is 17.5. The van der Waals surface area contributed by atoms with Crippen LogP contribution in [0.4, 0.5) is 5.69 Å². The van der Waals surface area contributed by atoms with Crippen molar-refractivity contribution in [2.45, 2.75) is 19.9 Å². The van der Waals surface area contributed by atoms with E-state index in [-0.39, 0.29) is 11.5 Å². The number of rotatable bonds is 4. The summed E-state index contributed by atoms with van der Waals surface area (Å²) in [6.45, 7) is 5.18. The lowest BCUT2D eigenvalue weighted by Crippen LogP contribution is -2.33. The normalized spacial score (nSPS) is 16.6. The lowest BCUT2D eigenvalue weighted by atomic mass is 10.1. The van der Waals surface area contributed by atoms with Crippen LogP contribution in [0.15, 0.2) is 51.6 Å². The SMILES string of the molecule is Cc1ccc(=O)n(C(C)C(=O)Nc2ccc(C3=CSC4=NCCN34)cc2)n1. The molecule has 0 bridgehead atoms. The highest BCUT2D eigenvalue weighted by molar-refractivity contribution is 8.16. The van der Waals surface area contributed by atoms with Gasteiger partial charge in [0, 0.05) is 23.7 Å². The van der Waals surface area contributed by atoms with E-state index in [1.807, 2.05) is 24.3 Å². The number of anilines is 1. The molecule has 2 aliphatic rings. The van der Waals surface area contributed by atoms with Gasteiger partial charge in [0.15, 0.2) is 5.17 Å². The zero-order valence-corrected chi connectivity index (χ0v) is 15.9. The summed E-state index contributed by atoms with van der Waals surface area (Å²) >= 11 is 1.64. The lowest BCUT2D eigenvalue weighted by Gasteiger charge is -2.17. The number of aliphatic imine (C=N–C) groups is 1. The molecule has 1 aromatic carbocycles. The first-order chi connectivity index (χ1) is 13.0. The van der Waals surface area contributed by atoms with Crippen LogP contribution in [0.2, 0.25) is 0 Å². The number of thioether (sulfide) groups is 1. The van der Waals surface area contributed by atoms with E-state index in [1.165, 1.54) is 10.7 Å². The number of carbonyl (C=O) groups excluding carboxylic acids is 1. The number of fused-ring (bicyclic) bond motifs is 1. The van der Waals surface area contributed by atoms with Gasteiger partial charge in [-0.3, -0.25) is 14.6 Å². The number of aryl methyl sites for hydroxylation is 1. The molecule has 7 nitrogen and oxygen atoms in total. The van der Waals surface area contributed by atoms with Crippen LogP contribution in [0.1, 0.15) is 24.2 Å². The fraction of sp³-hybridized carbons (Fsp3) is 0.263. The Labute approximate surface area is 160 Å². The van der Waals surface area contributed by atoms with Crippen LogP contribution < -0.4 is 10.9 Å².